The molecule has 0 aliphatic rings. The van der Waals surface area contributed by atoms with Gasteiger partial charge in [-0.25, -0.2) is 0 Å². The lowest BCUT2D eigenvalue weighted by Crippen LogP contribution is -2.10. The number of hydrogen-bond acceptors (Lipinski definition) is 2. The summed E-state index contributed by atoms with van der Waals surface area (Å²) in [4.78, 5) is 2.13. The second kappa shape index (κ2) is 3.71. The number of fused-ring (bicyclic) bond motifs is 1. The lowest BCUT2D eigenvalue weighted by Gasteiger charge is -2.19. The minimum atomic E-state index is 0.863. The molecule has 0 radical (unpaired) electrons. The molecule has 0 heterocycles. The summed E-state index contributed by atoms with van der Waals surface area (Å²) in [5.41, 5.74) is 10.7. The van der Waals surface area contributed by atoms with Crippen LogP contribution < -0.4 is 10.6 Å². The fourth-order valence-electron chi connectivity index (χ4n) is 2.22. The highest BCUT2D eigenvalue weighted by atomic mass is 15.1. The van der Waals surface area contributed by atoms with Crippen molar-refractivity contribution in [3.05, 3.63) is 35.4 Å². The molecule has 84 valence electrons. The predicted octanol–water partition coefficient (Wildman–Crippen LogP) is 3.10. The highest BCUT2D eigenvalue weighted by Crippen LogP contribution is 2.34. The minimum Gasteiger partial charge on any atom is -0.398 e. The van der Waals surface area contributed by atoms with Gasteiger partial charge in [0.1, 0.15) is 0 Å². The Balaban J connectivity index is 2.97. The van der Waals surface area contributed by atoms with Gasteiger partial charge in [0, 0.05) is 36.2 Å². The van der Waals surface area contributed by atoms with E-state index in [0.717, 1.165) is 5.69 Å². The zero-order chi connectivity index (χ0) is 11.9. The maximum Gasteiger partial charge on any atom is 0.0444 e. The fraction of sp³-hybridized carbons (Fsp3) is 0.286. The lowest BCUT2D eigenvalue weighted by atomic mass is 9.98. The molecule has 0 aliphatic carbocycles. The molecule has 0 amide bonds. The topological polar surface area (TPSA) is 29.3 Å². The molecular formula is C14H18N2. The molecule has 0 aliphatic heterocycles. The maximum absolute atomic E-state index is 6.08. The first-order valence-electron chi connectivity index (χ1n) is 5.48. The number of nitrogens with zero attached hydrogens (tertiary/aromatic N) is 1. The lowest BCUT2D eigenvalue weighted by molar-refractivity contribution is 1.14. The van der Waals surface area contributed by atoms with Crippen LogP contribution in [-0.2, 0) is 0 Å². The first-order valence-corrected chi connectivity index (χ1v) is 5.48. The average Bonchev–Trinajstić information content (AvgIpc) is 2.23. The molecule has 2 aromatic rings. The van der Waals surface area contributed by atoms with Gasteiger partial charge in [-0.1, -0.05) is 12.1 Å². The highest BCUT2D eigenvalue weighted by Gasteiger charge is 2.10. The van der Waals surface area contributed by atoms with E-state index in [4.69, 9.17) is 5.73 Å². The molecule has 0 bridgehead atoms. The van der Waals surface area contributed by atoms with Crippen molar-refractivity contribution in [2.75, 3.05) is 24.7 Å². The van der Waals surface area contributed by atoms with Crippen molar-refractivity contribution in [2.24, 2.45) is 0 Å². The summed E-state index contributed by atoms with van der Waals surface area (Å²) in [5.74, 6) is 0. The van der Waals surface area contributed by atoms with Crippen LogP contribution in [0.2, 0.25) is 0 Å². The molecular weight excluding hydrogens is 196 g/mol. The van der Waals surface area contributed by atoms with E-state index in [2.05, 4.69) is 51.0 Å². The first-order chi connectivity index (χ1) is 7.52. The summed E-state index contributed by atoms with van der Waals surface area (Å²) in [6, 6.07) is 8.37. The van der Waals surface area contributed by atoms with Crippen LogP contribution in [0, 0.1) is 13.8 Å². The van der Waals surface area contributed by atoms with Gasteiger partial charge in [0.25, 0.3) is 0 Å². The smallest absolute Gasteiger partial charge is 0.0444 e. The Kier molecular flexibility index (Phi) is 2.50. The zero-order valence-electron chi connectivity index (χ0n) is 10.3. The van der Waals surface area contributed by atoms with Gasteiger partial charge in [0.05, 0.1) is 0 Å². The zero-order valence-corrected chi connectivity index (χ0v) is 10.3. The van der Waals surface area contributed by atoms with Crippen LogP contribution in [-0.4, -0.2) is 14.1 Å². The maximum atomic E-state index is 6.08. The van der Waals surface area contributed by atoms with Crippen LogP contribution in [0.15, 0.2) is 24.3 Å². The van der Waals surface area contributed by atoms with Crippen LogP contribution in [0.1, 0.15) is 11.1 Å². The number of anilines is 2. The SMILES string of the molecule is Cc1ccc(N(C)C)c2c(C)ccc(N)c12. The third-order valence-corrected chi connectivity index (χ3v) is 3.07. The third kappa shape index (κ3) is 1.51. The summed E-state index contributed by atoms with van der Waals surface area (Å²) in [6.07, 6.45) is 0. The molecule has 0 atom stereocenters. The second-order valence-electron chi connectivity index (χ2n) is 4.52. The third-order valence-electron chi connectivity index (χ3n) is 3.07. The standard InChI is InChI=1S/C14H18N2/c1-9-6-8-12(16(3)4)14-10(2)5-7-11(15)13(9)14/h5-8H,15H2,1-4H3. The number of benzene rings is 2. The Morgan fingerprint density at radius 1 is 0.875 bits per heavy atom. The molecule has 0 spiro atoms. The van der Waals surface area contributed by atoms with Crippen molar-refractivity contribution in [3.63, 3.8) is 0 Å². The van der Waals surface area contributed by atoms with E-state index < -0.39 is 0 Å². The van der Waals surface area contributed by atoms with Gasteiger partial charge in [-0.3, -0.25) is 0 Å². The molecule has 0 saturated carbocycles. The first kappa shape index (κ1) is 10.8. The largest absolute Gasteiger partial charge is 0.398 e. The Morgan fingerprint density at radius 3 is 2.06 bits per heavy atom. The monoisotopic (exact) mass is 214 g/mol. The normalized spacial score (nSPS) is 10.8. The molecule has 2 N–H and O–H groups in total. The summed E-state index contributed by atoms with van der Waals surface area (Å²) >= 11 is 0. The molecule has 0 saturated heterocycles. The molecule has 0 unspecified atom stereocenters. The number of nitrogens with two attached hydrogens (primary N) is 1. The van der Waals surface area contributed by atoms with Gasteiger partial charge in [0.2, 0.25) is 0 Å². The van der Waals surface area contributed by atoms with Crippen molar-refractivity contribution in [3.8, 4) is 0 Å². The summed E-state index contributed by atoms with van der Waals surface area (Å²) < 4.78 is 0. The van der Waals surface area contributed by atoms with Gasteiger partial charge in [-0.2, -0.15) is 0 Å². The van der Waals surface area contributed by atoms with Crippen LogP contribution in [0.3, 0.4) is 0 Å². The van der Waals surface area contributed by atoms with E-state index in [-0.39, 0.29) is 0 Å². The number of rotatable bonds is 1. The molecule has 2 rings (SSSR count). The van der Waals surface area contributed by atoms with E-state index in [0.29, 0.717) is 0 Å². The van der Waals surface area contributed by atoms with Crippen molar-refractivity contribution < 1.29 is 0 Å². The molecule has 0 aromatic heterocycles. The van der Waals surface area contributed by atoms with Crippen molar-refractivity contribution in [2.45, 2.75) is 13.8 Å². The van der Waals surface area contributed by atoms with Crippen LogP contribution in [0.5, 0.6) is 0 Å². The minimum absolute atomic E-state index is 0.863. The Morgan fingerprint density at radius 2 is 1.44 bits per heavy atom. The summed E-state index contributed by atoms with van der Waals surface area (Å²) in [6.45, 7) is 4.24. The quantitative estimate of drug-likeness (QED) is 0.739. The van der Waals surface area contributed by atoms with Crippen molar-refractivity contribution >= 4 is 22.1 Å². The summed E-state index contributed by atoms with van der Waals surface area (Å²) in [7, 11) is 4.12. The van der Waals surface area contributed by atoms with Gasteiger partial charge < -0.3 is 10.6 Å². The summed E-state index contributed by atoms with van der Waals surface area (Å²) in [5, 5.41) is 2.45. The van der Waals surface area contributed by atoms with E-state index >= 15 is 0 Å². The predicted molar refractivity (Wildman–Crippen MR) is 72.2 cm³/mol. The van der Waals surface area contributed by atoms with E-state index in [9.17, 15) is 0 Å². The molecule has 16 heavy (non-hydrogen) atoms. The molecule has 0 fully saturated rings. The van der Waals surface area contributed by atoms with Gasteiger partial charge in [-0.05, 0) is 37.1 Å². The Labute approximate surface area is 96.7 Å². The second-order valence-corrected chi connectivity index (χ2v) is 4.52. The van der Waals surface area contributed by atoms with Crippen molar-refractivity contribution in [1.29, 1.82) is 0 Å². The van der Waals surface area contributed by atoms with E-state index in [1.807, 2.05) is 6.07 Å². The van der Waals surface area contributed by atoms with E-state index in [1.165, 1.54) is 27.6 Å². The highest BCUT2D eigenvalue weighted by molar-refractivity contribution is 6.04. The van der Waals surface area contributed by atoms with Gasteiger partial charge in [-0.15, -0.1) is 0 Å². The average molecular weight is 214 g/mol. The van der Waals surface area contributed by atoms with Crippen LogP contribution >= 0.6 is 0 Å². The number of nitrogen functional groups attached to an aromatic ring is 1. The van der Waals surface area contributed by atoms with Gasteiger partial charge in [0.15, 0.2) is 0 Å². The van der Waals surface area contributed by atoms with Crippen molar-refractivity contribution in [1.82, 2.24) is 0 Å². The molecule has 2 aromatic carbocycles. The Hall–Kier alpha value is -1.70. The number of aryl methyl sites for hydroxylation is 2. The van der Waals surface area contributed by atoms with E-state index in [1.54, 1.807) is 0 Å². The van der Waals surface area contributed by atoms with Crippen LogP contribution in [0.4, 0.5) is 11.4 Å². The number of hydrogen-bond donors (Lipinski definition) is 1. The van der Waals surface area contributed by atoms with Crippen LogP contribution in [0.25, 0.3) is 10.8 Å². The molecule has 2 nitrogen and oxygen atoms in total. The van der Waals surface area contributed by atoms with Gasteiger partial charge >= 0.3 is 0 Å². The fourth-order valence-corrected chi connectivity index (χ4v) is 2.22. The molecule has 2 heteroatoms. The Bertz CT molecular complexity index is 534.